The van der Waals surface area contributed by atoms with E-state index < -0.39 is 101 Å². The average molecular weight is 682 g/mol. The zero-order chi connectivity index (χ0) is 37.1. The van der Waals surface area contributed by atoms with Gasteiger partial charge in [-0.3, -0.25) is 24.0 Å². The van der Waals surface area contributed by atoms with Gasteiger partial charge in [-0.05, 0) is 38.0 Å². The minimum absolute atomic E-state index is 0.0746. The van der Waals surface area contributed by atoms with Crippen LogP contribution in [-0.4, -0.2) is 85.8 Å². The highest BCUT2D eigenvalue weighted by Crippen LogP contribution is 2.36. The molecule has 0 saturated carbocycles. The van der Waals surface area contributed by atoms with E-state index in [1.807, 2.05) is 0 Å². The fourth-order valence-corrected chi connectivity index (χ4v) is 6.43. The number of phenols is 1. The first-order valence-corrected chi connectivity index (χ1v) is 16.2. The van der Waals surface area contributed by atoms with Crippen molar-refractivity contribution in [3.05, 3.63) is 75.5 Å². The molecule has 4 rings (SSSR count). The number of carbonyl (C=O) groups excluding carboxylic acids is 5. The first-order chi connectivity index (χ1) is 22.8. The van der Waals surface area contributed by atoms with E-state index in [0.717, 1.165) is 6.08 Å². The molecule has 6 N–H and O–H groups in total. The maximum absolute atomic E-state index is 13.8. The number of amides is 1. The van der Waals surface area contributed by atoms with Gasteiger partial charge in [0.05, 0.1) is 36.2 Å². The molecule has 12 nitrogen and oxygen atoms in total. The molecule has 0 saturated heterocycles. The van der Waals surface area contributed by atoms with E-state index in [0.29, 0.717) is 0 Å². The molecule has 49 heavy (non-hydrogen) atoms. The number of fused-ring (bicyclic) bond motifs is 15. The lowest BCUT2D eigenvalue weighted by molar-refractivity contribution is -0.162. The van der Waals surface area contributed by atoms with E-state index in [-0.39, 0.29) is 33.5 Å². The number of aliphatic hydroxyl groups excluding tert-OH is 4. The Morgan fingerprint density at radius 2 is 1.47 bits per heavy atom. The predicted molar refractivity (Wildman–Crippen MR) is 180 cm³/mol. The predicted octanol–water partition coefficient (Wildman–Crippen LogP) is 2.89. The van der Waals surface area contributed by atoms with Gasteiger partial charge in [0, 0.05) is 59.3 Å². The van der Waals surface area contributed by atoms with Crippen molar-refractivity contribution in [1.82, 2.24) is 5.32 Å². The molecule has 1 aliphatic carbocycles. The SMILES string of the molecule is CC(=O)OC1C(C)C(O)C(C)/C=C\C=C(\C)C(=O)NC2=CC(=O)c3c(cc(C)c(O)c3C(=O)/C(C)=C\C(CO)C(O)C(C)C(O)C1C)C2=O. The van der Waals surface area contributed by atoms with Crippen molar-refractivity contribution in [3.8, 4) is 5.75 Å². The number of rotatable bonds is 2. The standard InChI is InChI=1S/C37H47NO11/c1-16-10-9-11-17(2)37(48)38-26-14-27(41)28-25(35(26)47)13-19(4)32(44)29(28)31(43)18(3)12-24(15-39)34(46)20(5)33(45)22(7)36(49-23(8)40)21(6)30(16)42/h9-14,16,20-22,24,30,33-34,36,39,42,44-46H,15H2,1-8H3,(H,38,48)/b10-9-,17-11-,18-12-. The largest absolute Gasteiger partial charge is 0.507 e. The Kier molecular flexibility index (Phi) is 12.8. The summed E-state index contributed by atoms with van der Waals surface area (Å²) in [7, 11) is 0. The van der Waals surface area contributed by atoms with Gasteiger partial charge < -0.3 is 35.6 Å². The zero-order valence-corrected chi connectivity index (χ0v) is 29.1. The summed E-state index contributed by atoms with van der Waals surface area (Å²) >= 11 is 0. The van der Waals surface area contributed by atoms with Crippen LogP contribution in [0, 0.1) is 36.5 Å². The van der Waals surface area contributed by atoms with Gasteiger partial charge in [0.1, 0.15) is 11.9 Å². The molecule has 0 radical (unpaired) electrons. The van der Waals surface area contributed by atoms with Crippen LogP contribution in [0.5, 0.6) is 5.75 Å². The Hall–Kier alpha value is -4.23. The third kappa shape index (κ3) is 8.33. The van der Waals surface area contributed by atoms with Crippen molar-refractivity contribution in [2.24, 2.45) is 29.6 Å². The van der Waals surface area contributed by atoms with Crippen molar-refractivity contribution in [2.45, 2.75) is 79.8 Å². The second-order valence-electron chi connectivity index (χ2n) is 13.3. The monoisotopic (exact) mass is 681 g/mol. The molecule has 0 spiro atoms. The summed E-state index contributed by atoms with van der Waals surface area (Å²) in [6.45, 7) is 11.3. The van der Waals surface area contributed by atoms with E-state index in [2.05, 4.69) is 5.32 Å². The molecule has 1 aromatic rings. The van der Waals surface area contributed by atoms with E-state index in [4.69, 9.17) is 4.74 Å². The molecule has 3 aliphatic rings. The van der Waals surface area contributed by atoms with Crippen LogP contribution in [0.3, 0.4) is 0 Å². The molecule has 4 bridgehead atoms. The number of aliphatic hydroxyl groups is 4. The van der Waals surface area contributed by atoms with Gasteiger partial charge in [-0.1, -0.05) is 52.0 Å². The number of hydrogen-bond donors (Lipinski definition) is 6. The molecule has 9 atom stereocenters. The number of aryl methyl sites for hydroxylation is 1. The number of ether oxygens (including phenoxy) is 1. The van der Waals surface area contributed by atoms with Crippen molar-refractivity contribution in [1.29, 1.82) is 0 Å². The lowest BCUT2D eigenvalue weighted by Gasteiger charge is -2.38. The van der Waals surface area contributed by atoms with Crippen LogP contribution in [0.4, 0.5) is 0 Å². The highest BCUT2D eigenvalue weighted by molar-refractivity contribution is 6.30. The van der Waals surface area contributed by atoms with Gasteiger partial charge in [-0.25, -0.2) is 0 Å². The highest BCUT2D eigenvalue weighted by Gasteiger charge is 2.41. The highest BCUT2D eigenvalue weighted by atomic mass is 16.5. The fourth-order valence-electron chi connectivity index (χ4n) is 6.43. The molecule has 0 aromatic heterocycles. The third-order valence-electron chi connectivity index (χ3n) is 9.60. The van der Waals surface area contributed by atoms with Crippen LogP contribution in [0.1, 0.15) is 85.1 Å². The fraction of sp³-hybridized carbons (Fsp3) is 0.486. The molecule has 1 amide bonds. The summed E-state index contributed by atoms with van der Waals surface area (Å²) in [5.41, 5.74) is -1.11. The number of phenolic OH excluding ortho intramolecular Hbond substituents is 1. The molecule has 0 fully saturated rings. The van der Waals surface area contributed by atoms with E-state index in [1.165, 1.54) is 58.9 Å². The van der Waals surface area contributed by atoms with Gasteiger partial charge in [0.15, 0.2) is 11.6 Å². The Morgan fingerprint density at radius 1 is 0.857 bits per heavy atom. The van der Waals surface area contributed by atoms with Gasteiger partial charge in [0.2, 0.25) is 5.78 Å². The summed E-state index contributed by atoms with van der Waals surface area (Å²) in [6, 6.07) is 1.26. The van der Waals surface area contributed by atoms with Crippen molar-refractivity contribution < 1.29 is 54.2 Å². The van der Waals surface area contributed by atoms with Crippen LogP contribution in [-0.2, 0) is 14.3 Å². The maximum atomic E-state index is 13.8. The minimum Gasteiger partial charge on any atom is -0.507 e. The van der Waals surface area contributed by atoms with Crippen molar-refractivity contribution >= 4 is 29.2 Å². The number of aromatic hydroxyl groups is 1. The van der Waals surface area contributed by atoms with Crippen LogP contribution in [0.15, 0.2) is 53.3 Å². The Balaban J connectivity index is 2.21. The smallest absolute Gasteiger partial charge is 0.302 e. The molecular weight excluding hydrogens is 634 g/mol. The number of carbonyl (C=O) groups is 5. The van der Waals surface area contributed by atoms with Crippen LogP contribution in [0.25, 0.3) is 0 Å². The molecule has 1 aromatic carbocycles. The number of hydrogen-bond acceptors (Lipinski definition) is 11. The lowest BCUT2D eigenvalue weighted by atomic mass is 9.76. The first-order valence-electron chi connectivity index (χ1n) is 16.2. The summed E-state index contributed by atoms with van der Waals surface area (Å²) < 4.78 is 5.58. The Morgan fingerprint density at radius 3 is 2.06 bits per heavy atom. The average Bonchev–Trinajstić information content (AvgIpc) is 3.05. The van der Waals surface area contributed by atoms with Gasteiger partial charge >= 0.3 is 5.97 Å². The van der Waals surface area contributed by atoms with Gasteiger partial charge in [-0.2, -0.15) is 0 Å². The van der Waals surface area contributed by atoms with Crippen molar-refractivity contribution in [3.63, 3.8) is 0 Å². The van der Waals surface area contributed by atoms with Crippen LogP contribution < -0.4 is 5.32 Å². The minimum atomic E-state index is -1.43. The van der Waals surface area contributed by atoms with E-state index in [1.54, 1.807) is 26.8 Å². The second-order valence-corrected chi connectivity index (χ2v) is 13.3. The van der Waals surface area contributed by atoms with Gasteiger partial charge in [-0.15, -0.1) is 0 Å². The molecular formula is C37H47NO11. The maximum Gasteiger partial charge on any atom is 0.302 e. The molecule has 2 heterocycles. The van der Waals surface area contributed by atoms with Gasteiger partial charge in [0.25, 0.3) is 5.91 Å². The van der Waals surface area contributed by atoms with E-state index in [9.17, 15) is 49.5 Å². The molecule has 9 unspecified atom stereocenters. The third-order valence-corrected chi connectivity index (χ3v) is 9.60. The number of benzene rings is 1. The Bertz CT molecular complexity index is 1630. The number of esters is 1. The summed E-state index contributed by atoms with van der Waals surface area (Å²) in [5.74, 6) is -8.37. The summed E-state index contributed by atoms with van der Waals surface area (Å²) in [4.78, 5) is 65.9. The summed E-state index contributed by atoms with van der Waals surface area (Å²) in [6.07, 6.45) is 1.94. The number of Topliss-reactive ketones (excluding diaryl/α,β-unsaturated/α-hetero) is 2. The topological polar surface area (TPSA) is 208 Å². The molecule has 266 valence electrons. The van der Waals surface area contributed by atoms with E-state index >= 15 is 0 Å². The number of nitrogens with one attached hydrogen (secondary N) is 1. The number of allylic oxidation sites excluding steroid dienone is 5. The molecule has 2 aliphatic heterocycles. The van der Waals surface area contributed by atoms with Crippen molar-refractivity contribution in [2.75, 3.05) is 6.61 Å². The number of ketones is 3. The lowest BCUT2D eigenvalue weighted by Crippen LogP contribution is -2.47. The Labute approximate surface area is 285 Å². The van der Waals surface area contributed by atoms with Crippen LogP contribution >= 0.6 is 0 Å². The van der Waals surface area contributed by atoms with Crippen LogP contribution in [0.2, 0.25) is 0 Å². The quantitative estimate of drug-likeness (QED) is 0.250. The summed E-state index contributed by atoms with van der Waals surface area (Å²) in [5, 5.41) is 57.6. The first kappa shape index (κ1) is 39.2. The zero-order valence-electron chi connectivity index (χ0n) is 29.1. The normalized spacial score (nSPS) is 33.5. The molecule has 12 heteroatoms. The second kappa shape index (κ2) is 16.0.